The number of aliphatic hydroxyl groups excluding tert-OH is 1. The Morgan fingerprint density at radius 3 is 2.67 bits per heavy atom. The highest BCUT2D eigenvalue weighted by Gasteiger charge is 2.18. The number of benzene rings is 1. The monoisotopic (exact) mass is 271 g/mol. The largest absolute Gasteiger partial charge is 0.465 e. The van der Waals surface area contributed by atoms with Crippen molar-refractivity contribution in [3.8, 4) is 0 Å². The van der Waals surface area contributed by atoms with Crippen LogP contribution in [0.3, 0.4) is 0 Å². The van der Waals surface area contributed by atoms with Crippen LogP contribution in [0.4, 0.5) is 5.69 Å². The molecule has 0 heterocycles. The van der Waals surface area contributed by atoms with Crippen molar-refractivity contribution in [2.75, 3.05) is 13.7 Å². The highest BCUT2D eigenvalue weighted by molar-refractivity contribution is 8.13. The van der Waals surface area contributed by atoms with Gasteiger partial charge in [0.1, 0.15) is 6.61 Å². The number of carbonyl (C=O) groups excluding carboxylic acids is 2. The van der Waals surface area contributed by atoms with Gasteiger partial charge in [-0.05, 0) is 17.8 Å². The lowest BCUT2D eigenvalue weighted by atomic mass is 10.2. The van der Waals surface area contributed by atoms with Crippen molar-refractivity contribution in [2.24, 2.45) is 0 Å². The lowest BCUT2D eigenvalue weighted by Crippen LogP contribution is -2.06. The maximum atomic E-state index is 11.4. The van der Waals surface area contributed by atoms with E-state index < -0.39 is 22.6 Å². The molecule has 0 saturated carbocycles. The third kappa shape index (κ3) is 3.28. The van der Waals surface area contributed by atoms with Crippen LogP contribution in [0, 0.1) is 10.1 Å². The second kappa shape index (κ2) is 6.12. The second-order valence-corrected chi connectivity index (χ2v) is 4.16. The molecule has 18 heavy (non-hydrogen) atoms. The van der Waals surface area contributed by atoms with E-state index in [1.54, 1.807) is 0 Å². The molecule has 0 aliphatic rings. The van der Waals surface area contributed by atoms with Crippen molar-refractivity contribution in [3.63, 3.8) is 0 Å². The second-order valence-electron chi connectivity index (χ2n) is 3.06. The van der Waals surface area contributed by atoms with Crippen LogP contribution in [0.1, 0.15) is 10.4 Å². The number of rotatable bonds is 4. The molecular formula is C10H9NO6S. The number of methoxy groups -OCH3 is 1. The Balaban J connectivity index is 3.21. The first-order valence-electron chi connectivity index (χ1n) is 4.68. The third-order valence-corrected chi connectivity index (χ3v) is 2.85. The Hall–Kier alpha value is -1.93. The molecule has 0 fully saturated rings. The van der Waals surface area contributed by atoms with E-state index in [1.165, 1.54) is 6.07 Å². The quantitative estimate of drug-likeness (QED) is 0.376. The SMILES string of the molecule is COC(=O)c1ccc([N+](=O)[O-])cc1SC(=O)CO. The molecule has 0 unspecified atom stereocenters. The molecule has 1 aromatic carbocycles. The lowest BCUT2D eigenvalue weighted by molar-refractivity contribution is -0.385. The average molecular weight is 271 g/mol. The van der Waals surface area contributed by atoms with E-state index in [-0.39, 0.29) is 16.1 Å². The van der Waals surface area contributed by atoms with Gasteiger partial charge in [0, 0.05) is 17.0 Å². The summed E-state index contributed by atoms with van der Waals surface area (Å²) in [6, 6.07) is 3.43. The van der Waals surface area contributed by atoms with Crippen LogP contribution in [-0.4, -0.2) is 34.8 Å². The number of carbonyl (C=O) groups is 2. The minimum absolute atomic E-state index is 0.0369. The first-order valence-corrected chi connectivity index (χ1v) is 5.49. The predicted molar refractivity (Wildman–Crippen MR) is 62.4 cm³/mol. The van der Waals surface area contributed by atoms with E-state index >= 15 is 0 Å². The van der Waals surface area contributed by atoms with Gasteiger partial charge in [0.15, 0.2) is 0 Å². The standard InChI is InChI=1S/C10H9NO6S/c1-17-10(14)7-3-2-6(11(15)16)4-8(7)18-9(13)5-12/h2-4,12H,5H2,1H3. The van der Waals surface area contributed by atoms with Gasteiger partial charge in [-0.3, -0.25) is 14.9 Å². The van der Waals surface area contributed by atoms with Gasteiger partial charge in [0.25, 0.3) is 5.69 Å². The van der Waals surface area contributed by atoms with Gasteiger partial charge in [0.05, 0.1) is 17.6 Å². The van der Waals surface area contributed by atoms with Gasteiger partial charge in [0.2, 0.25) is 5.12 Å². The molecular weight excluding hydrogens is 262 g/mol. The summed E-state index contributed by atoms with van der Waals surface area (Å²) in [4.78, 5) is 32.6. The molecule has 0 spiro atoms. The van der Waals surface area contributed by atoms with Crippen molar-refractivity contribution in [1.29, 1.82) is 0 Å². The minimum Gasteiger partial charge on any atom is -0.465 e. The highest BCUT2D eigenvalue weighted by Crippen LogP contribution is 2.28. The fourth-order valence-electron chi connectivity index (χ4n) is 1.14. The molecule has 0 radical (unpaired) electrons. The Morgan fingerprint density at radius 2 is 2.17 bits per heavy atom. The maximum absolute atomic E-state index is 11.4. The van der Waals surface area contributed by atoms with Crippen molar-refractivity contribution >= 4 is 28.5 Å². The number of nitro groups is 1. The average Bonchev–Trinajstić information content (AvgIpc) is 2.37. The molecule has 0 aliphatic carbocycles. The fraction of sp³-hybridized carbons (Fsp3) is 0.200. The predicted octanol–water partition coefficient (Wildman–Crippen LogP) is 0.992. The number of ether oxygens (including phenoxy) is 1. The first-order chi connectivity index (χ1) is 8.49. The summed E-state index contributed by atoms with van der Waals surface area (Å²) in [7, 11) is 1.16. The van der Waals surface area contributed by atoms with Gasteiger partial charge in [-0.25, -0.2) is 4.79 Å². The number of non-ortho nitro benzene ring substituents is 1. The van der Waals surface area contributed by atoms with E-state index in [4.69, 9.17) is 5.11 Å². The van der Waals surface area contributed by atoms with E-state index in [2.05, 4.69) is 4.74 Å². The van der Waals surface area contributed by atoms with Gasteiger partial charge < -0.3 is 9.84 Å². The van der Waals surface area contributed by atoms with Gasteiger partial charge in [-0.1, -0.05) is 0 Å². The van der Waals surface area contributed by atoms with Gasteiger partial charge in [-0.15, -0.1) is 0 Å². The maximum Gasteiger partial charge on any atom is 0.339 e. The van der Waals surface area contributed by atoms with Crippen molar-refractivity contribution in [3.05, 3.63) is 33.9 Å². The number of nitro benzene ring substituents is 1. The van der Waals surface area contributed by atoms with Crippen molar-refractivity contribution in [1.82, 2.24) is 0 Å². The Labute approximate surface area is 106 Å². The number of esters is 1. The van der Waals surface area contributed by atoms with Gasteiger partial charge in [-0.2, -0.15) is 0 Å². The summed E-state index contributed by atoms with van der Waals surface area (Å²) in [5.74, 6) is -0.710. The smallest absolute Gasteiger partial charge is 0.339 e. The molecule has 0 bridgehead atoms. The zero-order chi connectivity index (χ0) is 13.7. The molecule has 0 amide bonds. The van der Waals surface area contributed by atoms with Crippen LogP contribution in [0.25, 0.3) is 0 Å². The lowest BCUT2D eigenvalue weighted by Gasteiger charge is -2.05. The zero-order valence-electron chi connectivity index (χ0n) is 9.28. The van der Waals surface area contributed by atoms with E-state index in [0.717, 1.165) is 19.2 Å². The molecule has 1 rings (SSSR count). The minimum atomic E-state index is -0.728. The topological polar surface area (TPSA) is 107 Å². The van der Waals surface area contributed by atoms with Crippen LogP contribution in [0.2, 0.25) is 0 Å². The Bertz CT molecular complexity index is 501. The molecule has 0 aromatic heterocycles. The van der Waals surface area contributed by atoms with Crippen LogP contribution in [0.5, 0.6) is 0 Å². The molecule has 96 valence electrons. The summed E-state index contributed by atoms with van der Waals surface area (Å²) in [6.45, 7) is -0.728. The summed E-state index contributed by atoms with van der Waals surface area (Å²) in [6.07, 6.45) is 0. The molecule has 1 N–H and O–H groups in total. The Kier molecular flexibility index (Phi) is 4.81. The van der Waals surface area contributed by atoms with E-state index in [0.29, 0.717) is 11.8 Å². The third-order valence-electron chi connectivity index (χ3n) is 1.93. The summed E-state index contributed by atoms with van der Waals surface area (Å²) in [5.41, 5.74) is -0.217. The number of nitrogens with zero attached hydrogens (tertiary/aromatic N) is 1. The number of hydrogen-bond acceptors (Lipinski definition) is 7. The van der Waals surface area contributed by atoms with Crippen LogP contribution in [0.15, 0.2) is 23.1 Å². The number of thioether (sulfide) groups is 1. The normalized spacial score (nSPS) is 9.89. The molecule has 0 atom stereocenters. The summed E-state index contributed by atoms with van der Waals surface area (Å²) in [5, 5.41) is 18.6. The number of aliphatic hydroxyl groups is 1. The number of hydrogen-bond donors (Lipinski definition) is 1. The van der Waals surface area contributed by atoms with E-state index in [9.17, 15) is 19.7 Å². The molecule has 0 saturated heterocycles. The Morgan fingerprint density at radius 1 is 1.50 bits per heavy atom. The summed E-state index contributed by atoms with van der Waals surface area (Å²) >= 11 is 0.551. The molecule has 1 aromatic rings. The zero-order valence-corrected chi connectivity index (χ0v) is 10.1. The van der Waals surface area contributed by atoms with E-state index in [1.807, 2.05) is 0 Å². The first kappa shape index (κ1) is 14.1. The van der Waals surface area contributed by atoms with Crippen molar-refractivity contribution in [2.45, 2.75) is 4.90 Å². The van der Waals surface area contributed by atoms with Crippen LogP contribution >= 0.6 is 11.8 Å². The molecule has 8 heteroatoms. The van der Waals surface area contributed by atoms with Crippen LogP contribution < -0.4 is 0 Å². The van der Waals surface area contributed by atoms with Gasteiger partial charge >= 0.3 is 5.97 Å². The summed E-state index contributed by atoms with van der Waals surface area (Å²) < 4.78 is 4.50. The molecule has 7 nitrogen and oxygen atoms in total. The van der Waals surface area contributed by atoms with Crippen molar-refractivity contribution < 1.29 is 24.4 Å². The van der Waals surface area contributed by atoms with Crippen LogP contribution in [-0.2, 0) is 9.53 Å². The molecule has 0 aliphatic heterocycles. The highest BCUT2D eigenvalue weighted by atomic mass is 32.2. The fourth-order valence-corrected chi connectivity index (χ4v) is 1.89.